The number of hydrogen-bond acceptors (Lipinski definition) is 12. The molecule has 5 atom stereocenters. The maximum absolute atomic E-state index is 11.6. The number of phosphoric acid groups is 2. The van der Waals surface area contributed by atoms with E-state index in [-0.39, 0.29) is 5.65 Å². The number of nitrogens with one attached hydrogen (secondary N) is 1. The van der Waals surface area contributed by atoms with Gasteiger partial charge in [0.15, 0.2) is 23.2 Å². The van der Waals surface area contributed by atoms with Crippen molar-refractivity contribution in [1.29, 1.82) is 0 Å². The summed E-state index contributed by atoms with van der Waals surface area (Å²) in [6, 6.07) is 0. The molecule has 0 saturated carbocycles. The van der Waals surface area contributed by atoms with Crippen LogP contribution in [0.5, 0.6) is 0 Å². The van der Waals surface area contributed by atoms with Crippen LogP contribution in [-0.4, -0.2) is 82.4 Å². The Kier molecular flexibility index (Phi) is 7.96. The van der Waals surface area contributed by atoms with Gasteiger partial charge in [-0.05, 0) is 19.4 Å². The van der Waals surface area contributed by atoms with Gasteiger partial charge >= 0.3 is 15.6 Å². The van der Waals surface area contributed by atoms with Gasteiger partial charge in [-0.3, -0.25) is 9.09 Å². The first-order chi connectivity index (χ1) is 15.0. The molecular weight excluding hydrogens is 474 g/mol. The van der Waals surface area contributed by atoms with Crippen LogP contribution in [0.3, 0.4) is 0 Å². The summed E-state index contributed by atoms with van der Waals surface area (Å²) in [7, 11) is -10.4. The summed E-state index contributed by atoms with van der Waals surface area (Å²) in [5.41, 5.74) is 6.15. The number of nitrogens with zero attached hydrogens (tertiary/aromatic N) is 4. The number of rotatable bonds is 11. The maximum Gasteiger partial charge on any atom is 0.481 e. The van der Waals surface area contributed by atoms with Gasteiger partial charge in [0, 0.05) is 6.54 Å². The number of anilines is 1. The van der Waals surface area contributed by atoms with Crippen molar-refractivity contribution in [3.05, 3.63) is 12.7 Å². The van der Waals surface area contributed by atoms with Crippen LogP contribution in [0, 0.1) is 0 Å². The van der Waals surface area contributed by atoms with Gasteiger partial charge in [0.1, 0.15) is 24.6 Å². The highest BCUT2D eigenvalue weighted by atomic mass is 31.3. The molecule has 0 aromatic carbocycles. The highest BCUT2D eigenvalue weighted by Gasteiger charge is 2.46. The Morgan fingerprint density at radius 1 is 1.16 bits per heavy atom. The molecule has 0 radical (unpaired) electrons. The second kappa shape index (κ2) is 10.2. The molecule has 3 heterocycles. The fraction of sp³-hybridized carbons (Fsp3) is 0.643. The summed E-state index contributed by atoms with van der Waals surface area (Å²) in [5.74, 6) is 0.453. The lowest BCUT2D eigenvalue weighted by Gasteiger charge is -2.17. The second-order valence-electron chi connectivity index (χ2n) is 6.85. The second-order valence-corrected chi connectivity index (χ2v) is 9.68. The van der Waals surface area contributed by atoms with E-state index >= 15 is 0 Å². The lowest BCUT2D eigenvalue weighted by molar-refractivity contribution is -0.0503. The summed E-state index contributed by atoms with van der Waals surface area (Å²) in [6.07, 6.45) is -1.33. The van der Waals surface area contributed by atoms with Crippen LogP contribution in [0.2, 0.25) is 0 Å². The molecule has 5 unspecified atom stereocenters. The number of phosphoric ester groups is 1. The van der Waals surface area contributed by atoms with Crippen molar-refractivity contribution in [2.75, 3.05) is 25.0 Å². The van der Waals surface area contributed by atoms with E-state index in [4.69, 9.17) is 20.3 Å². The fourth-order valence-corrected chi connectivity index (χ4v) is 4.67. The lowest BCUT2D eigenvalue weighted by atomic mass is 10.1. The Balaban J connectivity index is 1.72. The van der Waals surface area contributed by atoms with E-state index in [9.17, 15) is 24.2 Å². The zero-order valence-corrected chi connectivity index (χ0v) is 18.3. The van der Waals surface area contributed by atoms with E-state index < -0.39 is 46.8 Å². The molecular formula is C14H24N6O10P2. The standard InChI is InChI=1S/C14H24N6O10P2/c15-3-1-2-4-16-12-9-13(18-6-17-12)20(7-19-9)14-11(22)10(21)8(29-14)5-28-32(26,27)30-31(23,24)25/h6-8,10-11,14,21-22H,1-5,15H2,(H,26,27)(H,16,17,18)(H2,23,24,25). The molecule has 1 saturated heterocycles. The minimum atomic E-state index is -5.30. The molecule has 2 aromatic heterocycles. The summed E-state index contributed by atoms with van der Waals surface area (Å²) in [5, 5.41) is 23.8. The first kappa shape index (κ1) is 25.1. The van der Waals surface area contributed by atoms with Gasteiger partial charge in [0.05, 0.1) is 12.9 Å². The van der Waals surface area contributed by atoms with E-state index in [1.165, 1.54) is 17.2 Å². The fourth-order valence-electron chi connectivity index (χ4n) is 3.07. The Morgan fingerprint density at radius 2 is 1.91 bits per heavy atom. The third kappa shape index (κ3) is 6.07. The van der Waals surface area contributed by atoms with Gasteiger partial charge in [0.2, 0.25) is 0 Å². The first-order valence-electron chi connectivity index (χ1n) is 9.39. The van der Waals surface area contributed by atoms with E-state index in [1.54, 1.807) is 0 Å². The van der Waals surface area contributed by atoms with E-state index in [2.05, 4.69) is 29.1 Å². The van der Waals surface area contributed by atoms with Crippen LogP contribution in [0.25, 0.3) is 11.2 Å². The van der Waals surface area contributed by atoms with Crippen molar-refractivity contribution < 1.29 is 47.6 Å². The first-order valence-corrected chi connectivity index (χ1v) is 12.4. The number of fused-ring (bicyclic) bond motifs is 1. The van der Waals surface area contributed by atoms with Gasteiger partial charge in [-0.1, -0.05) is 0 Å². The zero-order valence-electron chi connectivity index (χ0n) is 16.5. The van der Waals surface area contributed by atoms with Crippen molar-refractivity contribution in [3.8, 4) is 0 Å². The topological polar surface area (TPSA) is 245 Å². The largest absolute Gasteiger partial charge is 0.481 e. The molecule has 0 bridgehead atoms. The summed E-state index contributed by atoms with van der Waals surface area (Å²) >= 11 is 0. The molecule has 1 aliphatic heterocycles. The van der Waals surface area contributed by atoms with Crippen LogP contribution in [-0.2, 0) is 22.7 Å². The van der Waals surface area contributed by atoms with Crippen molar-refractivity contribution in [2.24, 2.45) is 5.73 Å². The average Bonchev–Trinajstić information content (AvgIpc) is 3.24. The third-order valence-corrected chi connectivity index (χ3v) is 6.66. The molecule has 1 aliphatic rings. The quantitative estimate of drug-likeness (QED) is 0.142. The third-order valence-electron chi connectivity index (χ3n) is 4.50. The minimum Gasteiger partial charge on any atom is -0.387 e. The molecule has 1 fully saturated rings. The number of hydrogen-bond donors (Lipinski definition) is 7. The average molecular weight is 498 g/mol. The van der Waals surface area contributed by atoms with E-state index in [0.29, 0.717) is 24.4 Å². The number of aliphatic hydroxyl groups excluding tert-OH is 2. The maximum atomic E-state index is 11.6. The Bertz CT molecular complexity index is 1020. The molecule has 8 N–H and O–H groups in total. The van der Waals surface area contributed by atoms with Crippen LogP contribution >= 0.6 is 15.6 Å². The number of aliphatic hydroxyl groups is 2. The number of unbranched alkanes of at least 4 members (excludes halogenated alkanes) is 1. The molecule has 32 heavy (non-hydrogen) atoms. The Labute approximate surface area is 181 Å². The van der Waals surface area contributed by atoms with Crippen molar-refractivity contribution in [1.82, 2.24) is 19.5 Å². The SMILES string of the molecule is NCCCCNc1ncnc2c1ncn2C1OC(COP(=O)(O)OP(=O)(O)O)C(O)C1O. The van der Waals surface area contributed by atoms with Gasteiger partial charge in [-0.25, -0.2) is 24.1 Å². The van der Waals surface area contributed by atoms with Crippen LogP contribution in [0.4, 0.5) is 5.82 Å². The monoisotopic (exact) mass is 498 g/mol. The normalized spacial score (nSPS) is 25.8. The molecule has 18 heteroatoms. The number of ether oxygens (including phenoxy) is 1. The van der Waals surface area contributed by atoms with Gasteiger partial charge in [-0.2, -0.15) is 4.31 Å². The van der Waals surface area contributed by atoms with Gasteiger partial charge in [0.25, 0.3) is 0 Å². The molecule has 180 valence electrons. The predicted octanol–water partition coefficient (Wildman–Crippen LogP) is -1.18. The lowest BCUT2D eigenvalue weighted by Crippen LogP contribution is -2.33. The Morgan fingerprint density at radius 3 is 2.59 bits per heavy atom. The van der Waals surface area contributed by atoms with Crippen molar-refractivity contribution in [2.45, 2.75) is 37.4 Å². The van der Waals surface area contributed by atoms with Crippen molar-refractivity contribution in [3.63, 3.8) is 0 Å². The summed E-state index contributed by atoms with van der Waals surface area (Å²) < 4.78 is 37.4. The highest BCUT2D eigenvalue weighted by Crippen LogP contribution is 2.57. The zero-order chi connectivity index (χ0) is 23.5. The summed E-state index contributed by atoms with van der Waals surface area (Å²) in [4.78, 5) is 39.1. The van der Waals surface area contributed by atoms with E-state index in [0.717, 1.165) is 12.8 Å². The van der Waals surface area contributed by atoms with Crippen LogP contribution in [0.1, 0.15) is 19.1 Å². The number of aromatic nitrogens is 4. The van der Waals surface area contributed by atoms with Crippen molar-refractivity contribution >= 4 is 32.6 Å². The van der Waals surface area contributed by atoms with Crippen LogP contribution in [0.15, 0.2) is 12.7 Å². The highest BCUT2D eigenvalue weighted by molar-refractivity contribution is 7.60. The molecule has 16 nitrogen and oxygen atoms in total. The predicted molar refractivity (Wildman–Crippen MR) is 107 cm³/mol. The van der Waals surface area contributed by atoms with Crippen LogP contribution < -0.4 is 11.1 Å². The minimum absolute atomic E-state index is 0.289. The summed E-state index contributed by atoms with van der Waals surface area (Å²) in [6.45, 7) is 0.365. The van der Waals surface area contributed by atoms with E-state index in [1.807, 2.05) is 0 Å². The number of nitrogens with two attached hydrogens (primary N) is 1. The Hall–Kier alpha value is -1.55. The molecule has 2 aromatic rings. The van der Waals surface area contributed by atoms with Gasteiger partial charge < -0.3 is 40.7 Å². The molecule has 0 aliphatic carbocycles. The molecule has 0 spiro atoms. The molecule has 3 rings (SSSR count). The van der Waals surface area contributed by atoms with Gasteiger partial charge in [-0.15, -0.1) is 0 Å². The number of imidazole rings is 1. The smallest absolute Gasteiger partial charge is 0.387 e. The molecule has 0 amide bonds.